The van der Waals surface area contributed by atoms with Gasteiger partial charge in [-0.2, -0.15) is 5.10 Å². The summed E-state index contributed by atoms with van der Waals surface area (Å²) in [6.07, 6.45) is 6.09. The van der Waals surface area contributed by atoms with Gasteiger partial charge < -0.3 is 4.57 Å². The average molecular weight is 295 g/mol. The van der Waals surface area contributed by atoms with Crippen LogP contribution in [0.5, 0.6) is 0 Å². The number of fused-ring (bicyclic) bond motifs is 1. The van der Waals surface area contributed by atoms with E-state index in [1.165, 1.54) is 25.7 Å². The Morgan fingerprint density at radius 3 is 2.70 bits per heavy atom. The molecule has 1 saturated carbocycles. The van der Waals surface area contributed by atoms with E-state index in [1.54, 1.807) is 0 Å². The molecule has 0 amide bonds. The third kappa shape index (κ3) is 2.24. The van der Waals surface area contributed by atoms with Gasteiger partial charge >= 0.3 is 0 Å². The van der Waals surface area contributed by atoms with Gasteiger partial charge in [0.15, 0.2) is 5.65 Å². The third-order valence-corrected chi connectivity index (χ3v) is 4.71. The average Bonchev–Trinajstić information content (AvgIpc) is 2.97. The highest BCUT2D eigenvalue weighted by Gasteiger charge is 2.42. The van der Waals surface area contributed by atoms with Gasteiger partial charge in [0.2, 0.25) is 0 Å². The number of aromatic nitrogens is 4. The quantitative estimate of drug-likeness (QED) is 0.765. The van der Waals surface area contributed by atoms with Crippen LogP contribution in [0.15, 0.2) is 0 Å². The highest BCUT2D eigenvalue weighted by atomic mass is 35.5. The van der Waals surface area contributed by atoms with E-state index in [4.69, 9.17) is 16.6 Å². The third-order valence-electron chi connectivity index (χ3n) is 4.52. The van der Waals surface area contributed by atoms with Gasteiger partial charge in [0.05, 0.1) is 5.69 Å². The number of aryl methyl sites for hydroxylation is 3. The molecule has 1 aliphatic rings. The predicted molar refractivity (Wildman–Crippen MR) is 82.2 cm³/mol. The zero-order chi connectivity index (χ0) is 14.3. The topological polar surface area (TPSA) is 35.6 Å². The summed E-state index contributed by atoms with van der Waals surface area (Å²) in [7, 11) is 2.01. The number of halogens is 1. The normalized spacial score (nSPS) is 17.0. The molecule has 0 aliphatic heterocycles. The summed E-state index contributed by atoms with van der Waals surface area (Å²) in [5, 5.41) is 4.51. The van der Waals surface area contributed by atoms with Gasteiger partial charge in [0.1, 0.15) is 11.3 Å². The highest BCUT2D eigenvalue weighted by molar-refractivity contribution is 6.17. The lowest BCUT2D eigenvalue weighted by molar-refractivity contribution is 0.384. The Balaban J connectivity index is 2.04. The van der Waals surface area contributed by atoms with Crippen molar-refractivity contribution in [1.82, 2.24) is 19.3 Å². The van der Waals surface area contributed by atoms with Crippen LogP contribution >= 0.6 is 11.6 Å². The summed E-state index contributed by atoms with van der Waals surface area (Å²) in [4.78, 5) is 4.79. The van der Waals surface area contributed by atoms with Crippen LogP contribution in [0.3, 0.4) is 0 Å². The summed E-state index contributed by atoms with van der Waals surface area (Å²) in [5.74, 6) is 1.74. The van der Waals surface area contributed by atoms with Crippen molar-refractivity contribution >= 4 is 22.8 Å². The maximum Gasteiger partial charge on any atom is 0.158 e. The van der Waals surface area contributed by atoms with Crippen LogP contribution in [0.25, 0.3) is 11.2 Å². The van der Waals surface area contributed by atoms with E-state index in [2.05, 4.69) is 16.6 Å². The molecule has 0 N–H and O–H groups in total. The smallest absolute Gasteiger partial charge is 0.158 e. The zero-order valence-corrected chi connectivity index (χ0v) is 13.4. The van der Waals surface area contributed by atoms with Crippen LogP contribution in [0, 0.1) is 12.3 Å². The second-order valence-corrected chi connectivity index (χ2v) is 6.56. The highest BCUT2D eigenvalue weighted by Crippen LogP contribution is 2.51. The van der Waals surface area contributed by atoms with Crippen molar-refractivity contribution in [3.63, 3.8) is 0 Å². The molecule has 0 spiro atoms. The fraction of sp³-hybridized carbons (Fsp3) is 0.733. The molecule has 0 bridgehead atoms. The van der Waals surface area contributed by atoms with Crippen molar-refractivity contribution in [3.05, 3.63) is 11.5 Å². The fourth-order valence-corrected chi connectivity index (χ4v) is 3.52. The van der Waals surface area contributed by atoms with E-state index in [1.807, 2.05) is 18.7 Å². The van der Waals surface area contributed by atoms with Gasteiger partial charge in [-0.3, -0.25) is 4.68 Å². The van der Waals surface area contributed by atoms with E-state index in [0.717, 1.165) is 35.6 Å². The van der Waals surface area contributed by atoms with E-state index in [9.17, 15) is 0 Å². The van der Waals surface area contributed by atoms with Crippen LogP contribution in [-0.2, 0) is 20.0 Å². The molecule has 0 aromatic carbocycles. The van der Waals surface area contributed by atoms with Crippen LogP contribution in [-0.4, -0.2) is 25.2 Å². The van der Waals surface area contributed by atoms with E-state index in [-0.39, 0.29) is 0 Å². The Labute approximate surface area is 125 Å². The monoisotopic (exact) mass is 294 g/mol. The molecule has 1 aliphatic carbocycles. The number of rotatable bonds is 6. The lowest BCUT2D eigenvalue weighted by Crippen LogP contribution is -2.16. The summed E-state index contributed by atoms with van der Waals surface area (Å²) in [5.41, 5.74) is 3.71. The molecule has 0 unspecified atom stereocenters. The van der Waals surface area contributed by atoms with Crippen molar-refractivity contribution in [1.29, 1.82) is 0 Å². The molecule has 20 heavy (non-hydrogen) atoms. The van der Waals surface area contributed by atoms with Crippen molar-refractivity contribution < 1.29 is 0 Å². The molecule has 2 heterocycles. The van der Waals surface area contributed by atoms with Gasteiger partial charge in [-0.15, -0.1) is 11.6 Å². The maximum atomic E-state index is 5.95. The SMILES string of the molecule is CCCC1(Cn2c(CCCl)nc3c(C)nn(C)c32)CC1. The maximum absolute atomic E-state index is 5.95. The first kappa shape index (κ1) is 13.9. The molecule has 110 valence electrons. The Kier molecular flexibility index (Phi) is 3.53. The van der Waals surface area contributed by atoms with Crippen molar-refractivity contribution in [2.75, 3.05) is 5.88 Å². The molecule has 1 fully saturated rings. The second-order valence-electron chi connectivity index (χ2n) is 6.18. The van der Waals surface area contributed by atoms with E-state index >= 15 is 0 Å². The molecular formula is C15H23ClN4. The first-order valence-electron chi connectivity index (χ1n) is 7.55. The fourth-order valence-electron chi connectivity index (χ4n) is 3.35. The van der Waals surface area contributed by atoms with Crippen molar-refractivity contribution in [3.8, 4) is 0 Å². The first-order chi connectivity index (χ1) is 9.60. The molecule has 0 saturated heterocycles. The molecular weight excluding hydrogens is 272 g/mol. The Bertz CT molecular complexity index is 621. The van der Waals surface area contributed by atoms with Gasteiger partial charge in [0.25, 0.3) is 0 Å². The Morgan fingerprint density at radius 2 is 2.10 bits per heavy atom. The Morgan fingerprint density at radius 1 is 1.35 bits per heavy atom. The number of hydrogen-bond acceptors (Lipinski definition) is 2. The van der Waals surface area contributed by atoms with Crippen LogP contribution in [0.2, 0.25) is 0 Å². The molecule has 3 rings (SSSR count). The lowest BCUT2D eigenvalue weighted by Gasteiger charge is -2.17. The second kappa shape index (κ2) is 5.06. The van der Waals surface area contributed by atoms with Gasteiger partial charge in [0, 0.05) is 25.9 Å². The van der Waals surface area contributed by atoms with Gasteiger partial charge in [-0.1, -0.05) is 13.3 Å². The van der Waals surface area contributed by atoms with Crippen LogP contribution in [0.4, 0.5) is 0 Å². The molecule has 5 heteroatoms. The standard InChI is InChI=1S/C15H23ClN4/c1-4-6-15(7-8-15)10-20-12(5-9-16)17-13-11(2)18-19(3)14(13)20/h4-10H2,1-3H3. The van der Waals surface area contributed by atoms with Crippen LogP contribution in [0.1, 0.15) is 44.1 Å². The number of imidazole rings is 1. The summed E-state index contributed by atoms with van der Waals surface area (Å²) >= 11 is 5.95. The summed E-state index contributed by atoms with van der Waals surface area (Å²) < 4.78 is 4.35. The summed E-state index contributed by atoms with van der Waals surface area (Å²) in [6, 6.07) is 0. The predicted octanol–water partition coefficient (Wildman–Crippen LogP) is 3.44. The van der Waals surface area contributed by atoms with Crippen molar-refractivity contribution in [2.45, 2.75) is 52.5 Å². The van der Waals surface area contributed by atoms with Crippen LogP contribution < -0.4 is 0 Å². The zero-order valence-electron chi connectivity index (χ0n) is 12.6. The molecule has 0 atom stereocenters. The lowest BCUT2D eigenvalue weighted by atomic mass is 10.0. The molecule has 2 aromatic rings. The molecule has 0 radical (unpaired) electrons. The summed E-state index contributed by atoms with van der Waals surface area (Å²) in [6.45, 7) is 5.38. The van der Waals surface area contributed by atoms with Gasteiger partial charge in [-0.25, -0.2) is 4.98 Å². The van der Waals surface area contributed by atoms with E-state index < -0.39 is 0 Å². The number of alkyl halides is 1. The number of nitrogens with zero attached hydrogens (tertiary/aromatic N) is 4. The largest absolute Gasteiger partial charge is 0.312 e. The minimum absolute atomic E-state index is 0.502. The molecule has 2 aromatic heterocycles. The van der Waals surface area contributed by atoms with Crippen molar-refractivity contribution in [2.24, 2.45) is 12.5 Å². The minimum atomic E-state index is 0.502. The Hall–Kier alpha value is -1.03. The molecule has 4 nitrogen and oxygen atoms in total. The van der Waals surface area contributed by atoms with Gasteiger partial charge in [-0.05, 0) is 31.6 Å². The number of hydrogen-bond donors (Lipinski definition) is 0. The first-order valence-corrected chi connectivity index (χ1v) is 8.08. The van der Waals surface area contributed by atoms with E-state index in [0.29, 0.717) is 11.3 Å². The minimum Gasteiger partial charge on any atom is -0.312 e.